The van der Waals surface area contributed by atoms with Gasteiger partial charge in [-0.3, -0.25) is 4.57 Å². The molecule has 0 radical (unpaired) electrons. The molecule has 0 N–H and O–H groups in total. The highest BCUT2D eigenvalue weighted by atomic mass is 16.5. The summed E-state index contributed by atoms with van der Waals surface area (Å²) in [7, 11) is 2.01. The topological polar surface area (TPSA) is 61.0 Å². The van der Waals surface area contributed by atoms with Crippen molar-refractivity contribution < 1.29 is 4.74 Å². The number of hydrogen-bond acceptors (Lipinski definition) is 5. The van der Waals surface area contributed by atoms with Crippen molar-refractivity contribution >= 4 is 27.8 Å². The Bertz CT molecular complexity index is 1440. The maximum Gasteiger partial charge on any atom is 0.148 e. The zero-order chi connectivity index (χ0) is 21.7. The fourth-order valence-corrected chi connectivity index (χ4v) is 4.42. The summed E-state index contributed by atoms with van der Waals surface area (Å²) in [6, 6.07) is 14.9. The Balaban J connectivity index is 1.55. The van der Waals surface area contributed by atoms with E-state index < -0.39 is 0 Å². The van der Waals surface area contributed by atoms with E-state index in [-0.39, 0.29) is 0 Å². The van der Waals surface area contributed by atoms with Gasteiger partial charge in [0.25, 0.3) is 0 Å². The molecule has 2 aromatic carbocycles. The molecule has 0 spiro atoms. The summed E-state index contributed by atoms with van der Waals surface area (Å²) in [6.07, 6.45) is 5.70. The van der Waals surface area contributed by atoms with Crippen molar-refractivity contribution in [2.24, 2.45) is 7.05 Å². The van der Waals surface area contributed by atoms with Gasteiger partial charge in [-0.15, -0.1) is 0 Å². The van der Waals surface area contributed by atoms with Crippen LogP contribution in [0.4, 0.5) is 5.82 Å². The second-order valence-corrected chi connectivity index (χ2v) is 8.30. The molecule has 0 saturated carbocycles. The lowest BCUT2D eigenvalue weighted by atomic mass is 10.1. The van der Waals surface area contributed by atoms with Gasteiger partial charge < -0.3 is 14.2 Å². The SMILES string of the molecule is Cc1ccc2cc(-c3nccn3-c3ccc4ncn(C)c4c3)c(N3CCOCC3)nc2c1. The van der Waals surface area contributed by atoms with Crippen LogP contribution in [-0.2, 0) is 11.8 Å². The summed E-state index contributed by atoms with van der Waals surface area (Å²) in [5.41, 5.74) is 6.35. The largest absolute Gasteiger partial charge is 0.378 e. The number of pyridine rings is 1. The number of anilines is 1. The summed E-state index contributed by atoms with van der Waals surface area (Å²) in [4.78, 5) is 16.6. The van der Waals surface area contributed by atoms with Crippen LogP contribution in [0.2, 0.25) is 0 Å². The molecule has 0 bridgehead atoms. The molecule has 0 aliphatic carbocycles. The van der Waals surface area contributed by atoms with E-state index in [9.17, 15) is 0 Å². The average molecular weight is 425 g/mol. The van der Waals surface area contributed by atoms with Gasteiger partial charge in [0.05, 0.1) is 41.7 Å². The highest BCUT2D eigenvalue weighted by Gasteiger charge is 2.21. The number of ether oxygens (including phenoxy) is 1. The first-order chi connectivity index (χ1) is 15.7. The van der Waals surface area contributed by atoms with E-state index in [1.807, 2.05) is 30.3 Å². The van der Waals surface area contributed by atoms with Crippen LogP contribution in [0.1, 0.15) is 5.56 Å². The molecular formula is C25H24N6O. The van der Waals surface area contributed by atoms with Gasteiger partial charge in [0, 0.05) is 43.6 Å². The number of hydrogen-bond donors (Lipinski definition) is 0. The van der Waals surface area contributed by atoms with Crippen molar-refractivity contribution in [3.05, 3.63) is 66.7 Å². The van der Waals surface area contributed by atoms with E-state index in [4.69, 9.17) is 14.7 Å². The maximum absolute atomic E-state index is 5.60. The molecular weight excluding hydrogens is 400 g/mol. The molecule has 6 rings (SSSR count). The van der Waals surface area contributed by atoms with Crippen molar-refractivity contribution in [2.45, 2.75) is 6.92 Å². The summed E-state index contributed by atoms with van der Waals surface area (Å²) in [6.45, 7) is 5.15. The van der Waals surface area contributed by atoms with Gasteiger partial charge in [-0.25, -0.2) is 15.0 Å². The molecule has 0 atom stereocenters. The molecule has 160 valence electrons. The van der Waals surface area contributed by atoms with Crippen LogP contribution in [0.3, 0.4) is 0 Å². The molecule has 7 heteroatoms. The van der Waals surface area contributed by atoms with Gasteiger partial charge >= 0.3 is 0 Å². The van der Waals surface area contributed by atoms with Crippen LogP contribution in [-0.4, -0.2) is 50.4 Å². The first-order valence-corrected chi connectivity index (χ1v) is 10.9. The third kappa shape index (κ3) is 3.13. The minimum Gasteiger partial charge on any atom is -0.378 e. The Kier molecular flexibility index (Phi) is 4.43. The molecule has 1 fully saturated rings. The van der Waals surface area contributed by atoms with Crippen molar-refractivity contribution in [3.63, 3.8) is 0 Å². The third-order valence-electron chi connectivity index (χ3n) is 6.13. The van der Waals surface area contributed by atoms with Crippen molar-refractivity contribution in [3.8, 4) is 17.1 Å². The van der Waals surface area contributed by atoms with E-state index >= 15 is 0 Å². The number of benzene rings is 2. The highest BCUT2D eigenvalue weighted by Crippen LogP contribution is 2.34. The Labute approximate surface area is 185 Å². The van der Waals surface area contributed by atoms with Gasteiger partial charge in [0.2, 0.25) is 0 Å². The third-order valence-corrected chi connectivity index (χ3v) is 6.13. The number of aromatic nitrogens is 5. The molecule has 4 heterocycles. The van der Waals surface area contributed by atoms with Crippen molar-refractivity contribution in [1.29, 1.82) is 0 Å². The number of rotatable bonds is 3. The molecule has 1 aliphatic rings. The van der Waals surface area contributed by atoms with E-state index in [2.05, 4.69) is 63.8 Å². The quantitative estimate of drug-likeness (QED) is 0.436. The van der Waals surface area contributed by atoms with Crippen LogP contribution in [0, 0.1) is 6.92 Å². The van der Waals surface area contributed by atoms with Crippen LogP contribution in [0.15, 0.2) is 61.2 Å². The van der Waals surface area contributed by atoms with Gasteiger partial charge in [-0.1, -0.05) is 12.1 Å². The maximum atomic E-state index is 5.60. The first kappa shape index (κ1) is 19.0. The molecule has 5 aromatic rings. The van der Waals surface area contributed by atoms with Gasteiger partial charge in [-0.05, 0) is 42.8 Å². The highest BCUT2D eigenvalue weighted by molar-refractivity contribution is 5.89. The lowest BCUT2D eigenvalue weighted by Gasteiger charge is -2.29. The van der Waals surface area contributed by atoms with Crippen LogP contribution >= 0.6 is 0 Å². The molecule has 1 aliphatic heterocycles. The number of imidazole rings is 2. The fourth-order valence-electron chi connectivity index (χ4n) is 4.42. The summed E-state index contributed by atoms with van der Waals surface area (Å²) in [5.74, 6) is 1.84. The molecule has 3 aromatic heterocycles. The van der Waals surface area contributed by atoms with Gasteiger partial charge in [0.1, 0.15) is 11.6 Å². The Morgan fingerprint density at radius 3 is 2.69 bits per heavy atom. The van der Waals surface area contributed by atoms with Crippen molar-refractivity contribution in [2.75, 3.05) is 31.2 Å². The van der Waals surface area contributed by atoms with Crippen LogP contribution < -0.4 is 4.90 Å². The van der Waals surface area contributed by atoms with E-state index in [1.165, 1.54) is 5.56 Å². The number of morpholine rings is 1. The average Bonchev–Trinajstić information content (AvgIpc) is 3.45. The van der Waals surface area contributed by atoms with E-state index in [0.29, 0.717) is 13.2 Å². The number of aryl methyl sites for hydroxylation is 2. The Morgan fingerprint density at radius 1 is 0.938 bits per heavy atom. The Hall–Kier alpha value is -3.71. The number of nitrogens with zero attached hydrogens (tertiary/aromatic N) is 6. The molecule has 7 nitrogen and oxygen atoms in total. The standard InChI is InChI=1S/C25H24N6O/c1-17-3-4-18-14-20(25(28-22(18)13-17)30-9-11-32-12-10-30)24-26-7-8-31(24)19-5-6-21-23(15-19)29(2)16-27-21/h3-8,13-16H,9-12H2,1-2H3. The minimum atomic E-state index is 0.707. The van der Waals surface area contributed by atoms with Crippen LogP contribution in [0.25, 0.3) is 39.0 Å². The van der Waals surface area contributed by atoms with E-state index in [0.717, 1.165) is 57.9 Å². The predicted octanol–water partition coefficient (Wildman–Crippen LogP) is 4.12. The zero-order valence-corrected chi connectivity index (χ0v) is 18.2. The summed E-state index contributed by atoms with van der Waals surface area (Å²) >= 11 is 0. The second-order valence-electron chi connectivity index (χ2n) is 8.30. The summed E-state index contributed by atoms with van der Waals surface area (Å²) < 4.78 is 9.77. The predicted molar refractivity (Wildman–Crippen MR) is 126 cm³/mol. The first-order valence-electron chi connectivity index (χ1n) is 10.9. The smallest absolute Gasteiger partial charge is 0.148 e. The normalized spacial score (nSPS) is 14.5. The monoisotopic (exact) mass is 424 g/mol. The zero-order valence-electron chi connectivity index (χ0n) is 18.2. The lowest BCUT2D eigenvalue weighted by Crippen LogP contribution is -2.37. The van der Waals surface area contributed by atoms with Gasteiger partial charge in [-0.2, -0.15) is 0 Å². The molecule has 0 unspecified atom stereocenters. The lowest BCUT2D eigenvalue weighted by molar-refractivity contribution is 0.122. The molecule has 32 heavy (non-hydrogen) atoms. The Morgan fingerprint density at radius 2 is 1.81 bits per heavy atom. The summed E-state index contributed by atoms with van der Waals surface area (Å²) in [5, 5.41) is 1.11. The van der Waals surface area contributed by atoms with E-state index in [1.54, 1.807) is 0 Å². The van der Waals surface area contributed by atoms with Crippen molar-refractivity contribution in [1.82, 2.24) is 24.1 Å². The number of fused-ring (bicyclic) bond motifs is 2. The second kappa shape index (κ2) is 7.46. The minimum absolute atomic E-state index is 0.707. The molecule has 0 amide bonds. The fraction of sp³-hybridized carbons (Fsp3) is 0.240. The van der Waals surface area contributed by atoms with Gasteiger partial charge in [0.15, 0.2) is 0 Å². The van der Waals surface area contributed by atoms with Crippen LogP contribution in [0.5, 0.6) is 0 Å². The molecule has 1 saturated heterocycles.